The zero-order valence-corrected chi connectivity index (χ0v) is 20.5. The number of rotatable bonds is 6. The fourth-order valence-corrected chi connectivity index (χ4v) is 4.96. The van der Waals surface area contributed by atoms with Crippen molar-refractivity contribution in [3.63, 3.8) is 0 Å². The molecule has 2 aromatic rings. The summed E-state index contributed by atoms with van der Waals surface area (Å²) < 4.78 is 10.4. The maximum Gasteiger partial charge on any atom is 0.409 e. The van der Waals surface area contributed by atoms with E-state index >= 15 is 0 Å². The van der Waals surface area contributed by atoms with E-state index in [9.17, 15) is 9.59 Å². The molecule has 2 aliphatic heterocycles. The van der Waals surface area contributed by atoms with Gasteiger partial charge in [-0.05, 0) is 45.2 Å². The summed E-state index contributed by atoms with van der Waals surface area (Å²) in [5, 5.41) is 1.03. The van der Waals surface area contributed by atoms with Crippen molar-refractivity contribution in [2.24, 2.45) is 5.92 Å². The fraction of sp³-hybridized carbons (Fsp3) is 0.600. The quantitative estimate of drug-likeness (QED) is 0.641. The first-order valence-electron chi connectivity index (χ1n) is 12.4. The number of amides is 1. The molecule has 3 heterocycles. The predicted octanol–water partition coefficient (Wildman–Crippen LogP) is 1.57. The molecule has 9 heteroatoms. The van der Waals surface area contributed by atoms with Crippen LogP contribution in [0.2, 0.25) is 0 Å². The van der Waals surface area contributed by atoms with Crippen LogP contribution in [0.25, 0.3) is 10.9 Å². The third kappa shape index (κ3) is 5.41. The van der Waals surface area contributed by atoms with Crippen LogP contribution < -0.4 is 9.80 Å². The lowest BCUT2D eigenvalue weighted by Gasteiger charge is -2.35. The second-order valence-corrected chi connectivity index (χ2v) is 9.08. The molecule has 2 aliphatic rings. The molecule has 184 valence electrons. The number of piperazine rings is 1. The highest BCUT2D eigenvalue weighted by molar-refractivity contribution is 5.91. The van der Waals surface area contributed by atoms with E-state index in [1.807, 2.05) is 19.9 Å². The second-order valence-electron chi connectivity index (χ2n) is 9.08. The summed E-state index contributed by atoms with van der Waals surface area (Å²) in [6.45, 7) is 11.6. The van der Waals surface area contributed by atoms with Gasteiger partial charge < -0.3 is 24.2 Å². The van der Waals surface area contributed by atoms with Crippen LogP contribution in [0.5, 0.6) is 0 Å². The Hall–Kier alpha value is -2.94. The molecule has 34 heavy (non-hydrogen) atoms. The van der Waals surface area contributed by atoms with E-state index in [4.69, 9.17) is 19.4 Å². The number of ether oxygens (including phenoxy) is 2. The van der Waals surface area contributed by atoms with Crippen molar-refractivity contribution >= 4 is 28.8 Å². The van der Waals surface area contributed by atoms with Crippen molar-refractivity contribution in [2.75, 3.05) is 57.4 Å². The fourth-order valence-electron chi connectivity index (χ4n) is 4.96. The maximum atomic E-state index is 12.3. The number of quaternary nitrogens is 1. The molecule has 0 saturated carbocycles. The number of fused-ring (bicyclic) bond motifs is 1. The minimum absolute atomic E-state index is 0.0543. The molecule has 2 unspecified atom stereocenters. The number of nitrogens with one attached hydrogen (secondary N) is 1. The van der Waals surface area contributed by atoms with Gasteiger partial charge in [-0.3, -0.25) is 4.79 Å². The molecule has 9 nitrogen and oxygen atoms in total. The number of benzene rings is 1. The number of likely N-dealkylation sites (tertiary alicyclic amines) is 1. The molecule has 4 rings (SSSR count). The van der Waals surface area contributed by atoms with Crippen molar-refractivity contribution in [3.8, 4) is 0 Å². The summed E-state index contributed by atoms with van der Waals surface area (Å²) in [5.74, 6) is 1.58. The average molecular weight is 471 g/mol. The van der Waals surface area contributed by atoms with Crippen LogP contribution in [0.4, 0.5) is 10.6 Å². The molecule has 1 N–H and O–H groups in total. The summed E-state index contributed by atoms with van der Waals surface area (Å²) in [6.07, 6.45) is 1.63. The van der Waals surface area contributed by atoms with Crippen molar-refractivity contribution in [1.29, 1.82) is 0 Å². The lowest BCUT2D eigenvalue weighted by Crippen LogP contribution is -3.12. The minimum Gasteiger partial charge on any atom is -0.466 e. The Labute approximate surface area is 201 Å². The number of hydrogen-bond acceptors (Lipinski definition) is 7. The Morgan fingerprint density at radius 2 is 1.85 bits per heavy atom. The Morgan fingerprint density at radius 1 is 1.09 bits per heavy atom. The minimum atomic E-state index is -0.254. The largest absolute Gasteiger partial charge is 0.466 e. The Bertz CT molecular complexity index is 1020. The third-order valence-corrected chi connectivity index (χ3v) is 6.71. The highest BCUT2D eigenvalue weighted by Gasteiger charge is 2.31. The number of carbonyl (C=O) groups is 2. The summed E-state index contributed by atoms with van der Waals surface area (Å²) in [4.78, 5) is 39.7. The van der Waals surface area contributed by atoms with Crippen molar-refractivity contribution in [3.05, 3.63) is 29.6 Å². The van der Waals surface area contributed by atoms with Gasteiger partial charge in [0.15, 0.2) is 5.82 Å². The highest BCUT2D eigenvalue weighted by Crippen LogP contribution is 2.27. The number of hydrogen-bond donors (Lipinski definition) is 1. The molecule has 1 aromatic carbocycles. The third-order valence-electron chi connectivity index (χ3n) is 6.71. The summed E-state index contributed by atoms with van der Waals surface area (Å²) in [7, 11) is 0. The molecule has 2 atom stereocenters. The molecule has 2 saturated heterocycles. The van der Waals surface area contributed by atoms with E-state index in [2.05, 4.69) is 24.0 Å². The normalized spacial score (nSPS) is 20.9. The van der Waals surface area contributed by atoms with Crippen LogP contribution in [0.15, 0.2) is 18.2 Å². The molecular formula is C25H36N5O4+. The van der Waals surface area contributed by atoms with Crippen molar-refractivity contribution < 1.29 is 24.0 Å². The summed E-state index contributed by atoms with van der Waals surface area (Å²) in [6, 6.07) is 6.19. The van der Waals surface area contributed by atoms with Gasteiger partial charge in [-0.15, -0.1) is 0 Å². The predicted molar refractivity (Wildman–Crippen MR) is 129 cm³/mol. The standard InChI is InChI=1S/C25H35N5O4/c1-4-33-24(31)19-9-7-11-28(16-19)17-21-26-22-18(3)8-6-10-20(22)23(27-21)29-12-14-30(15-13-29)25(32)34-5-2/h6,8,10,19H,4-5,7,9,11-17H2,1-3H3/p+1. The van der Waals surface area contributed by atoms with E-state index < -0.39 is 0 Å². The lowest BCUT2D eigenvalue weighted by molar-refractivity contribution is -0.921. The first-order chi connectivity index (χ1) is 16.5. The van der Waals surface area contributed by atoms with E-state index in [1.165, 1.54) is 4.90 Å². The summed E-state index contributed by atoms with van der Waals surface area (Å²) in [5.41, 5.74) is 2.08. The molecular weight excluding hydrogens is 434 g/mol. The van der Waals surface area contributed by atoms with Gasteiger partial charge in [0.05, 0.1) is 31.8 Å². The van der Waals surface area contributed by atoms with Crippen LogP contribution in [0.1, 0.15) is 38.1 Å². The van der Waals surface area contributed by atoms with Gasteiger partial charge in [0.25, 0.3) is 0 Å². The number of anilines is 1. The molecule has 1 amide bonds. The van der Waals surface area contributed by atoms with Gasteiger partial charge in [0, 0.05) is 31.6 Å². The summed E-state index contributed by atoms with van der Waals surface area (Å²) >= 11 is 0. The zero-order chi connectivity index (χ0) is 24.1. The number of para-hydroxylation sites is 1. The van der Waals surface area contributed by atoms with Crippen LogP contribution >= 0.6 is 0 Å². The molecule has 0 radical (unpaired) electrons. The molecule has 2 fully saturated rings. The molecule has 0 spiro atoms. The number of carbonyl (C=O) groups excluding carboxylic acids is 2. The molecule has 1 aromatic heterocycles. The average Bonchev–Trinajstić information content (AvgIpc) is 2.85. The number of esters is 1. The second kappa shape index (κ2) is 11.0. The van der Waals surface area contributed by atoms with Gasteiger partial charge in [-0.2, -0.15) is 0 Å². The van der Waals surface area contributed by atoms with E-state index in [0.717, 1.165) is 54.0 Å². The van der Waals surface area contributed by atoms with Crippen LogP contribution in [0, 0.1) is 12.8 Å². The Morgan fingerprint density at radius 3 is 2.59 bits per heavy atom. The number of piperidine rings is 1. The van der Waals surface area contributed by atoms with Gasteiger partial charge in [-0.1, -0.05) is 12.1 Å². The Balaban J connectivity index is 1.55. The molecule has 0 aliphatic carbocycles. The van der Waals surface area contributed by atoms with Gasteiger partial charge >= 0.3 is 12.1 Å². The first kappa shape index (κ1) is 24.2. The van der Waals surface area contributed by atoms with E-state index in [-0.39, 0.29) is 18.0 Å². The zero-order valence-electron chi connectivity index (χ0n) is 20.5. The number of nitrogens with zero attached hydrogens (tertiary/aromatic N) is 4. The monoisotopic (exact) mass is 470 g/mol. The first-order valence-corrected chi connectivity index (χ1v) is 12.4. The number of aromatic nitrogens is 2. The topological polar surface area (TPSA) is 89.3 Å². The smallest absolute Gasteiger partial charge is 0.409 e. The van der Waals surface area contributed by atoms with Gasteiger partial charge in [0.2, 0.25) is 0 Å². The maximum absolute atomic E-state index is 12.3. The van der Waals surface area contributed by atoms with Crippen LogP contribution in [-0.2, 0) is 20.8 Å². The van der Waals surface area contributed by atoms with Gasteiger partial charge in [0.1, 0.15) is 18.3 Å². The van der Waals surface area contributed by atoms with E-state index in [0.29, 0.717) is 45.9 Å². The van der Waals surface area contributed by atoms with Gasteiger partial charge in [-0.25, -0.2) is 14.8 Å². The molecule has 0 bridgehead atoms. The van der Waals surface area contributed by atoms with Crippen LogP contribution in [0.3, 0.4) is 0 Å². The Kier molecular flexibility index (Phi) is 7.82. The van der Waals surface area contributed by atoms with Crippen molar-refractivity contribution in [2.45, 2.75) is 40.2 Å². The highest BCUT2D eigenvalue weighted by atomic mass is 16.6. The van der Waals surface area contributed by atoms with E-state index in [1.54, 1.807) is 4.90 Å². The SMILES string of the molecule is CCOC(=O)C1CCC[NH+](Cc2nc(N3CCN(C(=O)OCC)CC3)c3cccc(C)c3n2)C1. The number of aryl methyl sites for hydroxylation is 1. The van der Waals surface area contributed by atoms with Crippen molar-refractivity contribution in [1.82, 2.24) is 14.9 Å². The van der Waals surface area contributed by atoms with Crippen LogP contribution in [-0.4, -0.2) is 79.4 Å². The lowest BCUT2D eigenvalue weighted by atomic mass is 9.98.